The van der Waals surface area contributed by atoms with Crippen LogP contribution in [0, 0.1) is 17.8 Å². The lowest BCUT2D eigenvalue weighted by Gasteiger charge is -2.29. The van der Waals surface area contributed by atoms with Gasteiger partial charge in [-0.1, -0.05) is 14.4 Å². The minimum Gasteiger partial charge on any atom is -0.469 e. The molecule has 0 atom stereocenters. The third-order valence-electron chi connectivity index (χ3n) is 3.56. The Morgan fingerprint density at radius 3 is 1.55 bits per heavy atom. The van der Waals surface area contributed by atoms with Gasteiger partial charge in [-0.3, -0.25) is 9.59 Å². The minimum atomic E-state index is -0.269. The zero-order valence-electron chi connectivity index (χ0n) is 12.7. The highest BCUT2D eigenvalue weighted by atomic mass is 35.5. The fraction of sp³-hybridized carbons (Fsp3) is 0.867. The Kier molecular flexibility index (Phi) is 14.0. The summed E-state index contributed by atoms with van der Waals surface area (Å²) >= 11 is 9.53. The molecule has 0 heterocycles. The van der Waals surface area contributed by atoms with Crippen molar-refractivity contribution in [3.63, 3.8) is 0 Å². The number of alkyl halides is 2. The van der Waals surface area contributed by atoms with Gasteiger partial charge >= 0.3 is 11.9 Å². The molecule has 7 heteroatoms. The van der Waals surface area contributed by atoms with E-state index in [2.05, 4.69) is 16.4 Å². The number of hydrogen-bond donors (Lipinski definition) is 1. The number of halogens is 2. The van der Waals surface area contributed by atoms with E-state index in [0.717, 1.165) is 18.8 Å². The van der Waals surface area contributed by atoms with Crippen molar-refractivity contribution in [1.82, 2.24) is 0 Å². The highest BCUT2D eigenvalue weighted by Gasteiger charge is 2.33. The molecule has 0 aromatic carbocycles. The molecule has 2 saturated carbocycles. The van der Waals surface area contributed by atoms with E-state index in [4.69, 9.17) is 28.3 Å². The third kappa shape index (κ3) is 8.81. The van der Waals surface area contributed by atoms with Gasteiger partial charge in [0.05, 0.1) is 37.5 Å². The molecule has 22 heavy (non-hydrogen) atoms. The summed E-state index contributed by atoms with van der Waals surface area (Å²) in [6, 6.07) is 0. The SMILES string of the molecule is C.COC(=O)C1CC(C)C1.COC(=O)C1CC(O)C1.ClCCl. The van der Waals surface area contributed by atoms with E-state index in [-0.39, 0.29) is 42.6 Å². The van der Waals surface area contributed by atoms with Crippen molar-refractivity contribution in [3.8, 4) is 0 Å². The molecule has 0 radical (unpaired) electrons. The predicted octanol–water partition coefficient (Wildman–Crippen LogP) is 3.19. The maximum Gasteiger partial charge on any atom is 0.308 e. The summed E-state index contributed by atoms with van der Waals surface area (Å²) in [4.78, 5) is 21.3. The molecule has 2 fully saturated rings. The second-order valence-corrected chi connectivity index (χ2v) is 6.05. The van der Waals surface area contributed by atoms with Crippen LogP contribution in [0.4, 0.5) is 0 Å². The van der Waals surface area contributed by atoms with Gasteiger partial charge < -0.3 is 14.6 Å². The predicted molar refractivity (Wildman–Crippen MR) is 88.0 cm³/mol. The smallest absolute Gasteiger partial charge is 0.308 e. The summed E-state index contributed by atoms with van der Waals surface area (Å²) in [7, 11) is 2.82. The zero-order chi connectivity index (χ0) is 16.4. The molecular formula is C15H28Cl2O5. The number of ether oxygens (including phenoxy) is 2. The Hall–Kier alpha value is -0.520. The number of aliphatic hydroxyl groups excluding tert-OH is 1. The van der Waals surface area contributed by atoms with Crippen LogP contribution in [0.25, 0.3) is 0 Å². The second-order valence-electron chi connectivity index (χ2n) is 5.24. The molecule has 2 aliphatic carbocycles. The molecule has 0 unspecified atom stereocenters. The van der Waals surface area contributed by atoms with Gasteiger partial charge in [0.15, 0.2) is 0 Å². The average Bonchev–Trinajstić information content (AvgIpc) is 2.40. The van der Waals surface area contributed by atoms with Crippen LogP contribution < -0.4 is 0 Å². The fourth-order valence-corrected chi connectivity index (χ4v) is 2.21. The van der Waals surface area contributed by atoms with Crippen LogP contribution >= 0.6 is 23.2 Å². The van der Waals surface area contributed by atoms with E-state index in [9.17, 15) is 9.59 Å². The summed E-state index contributed by atoms with van der Waals surface area (Å²) in [6.07, 6.45) is 2.92. The Labute approximate surface area is 143 Å². The summed E-state index contributed by atoms with van der Waals surface area (Å²) < 4.78 is 9.02. The summed E-state index contributed by atoms with van der Waals surface area (Å²) in [5, 5.41) is 8.95. The van der Waals surface area contributed by atoms with Crippen molar-refractivity contribution in [1.29, 1.82) is 0 Å². The van der Waals surface area contributed by atoms with Crippen LogP contribution in [0.2, 0.25) is 0 Å². The van der Waals surface area contributed by atoms with Gasteiger partial charge in [-0.2, -0.15) is 0 Å². The first-order valence-corrected chi connectivity index (χ1v) is 7.92. The van der Waals surface area contributed by atoms with Gasteiger partial charge in [0.1, 0.15) is 0 Å². The van der Waals surface area contributed by atoms with Crippen LogP contribution in [0.1, 0.15) is 40.0 Å². The van der Waals surface area contributed by atoms with Crippen molar-refractivity contribution in [2.75, 3.05) is 19.6 Å². The van der Waals surface area contributed by atoms with Gasteiger partial charge in [0, 0.05) is 0 Å². The number of aliphatic hydroxyl groups is 1. The Balaban J connectivity index is 0. The molecule has 0 saturated heterocycles. The van der Waals surface area contributed by atoms with Gasteiger partial charge in [0.25, 0.3) is 0 Å². The number of carbonyl (C=O) groups excluding carboxylic acids is 2. The zero-order valence-corrected chi connectivity index (χ0v) is 14.2. The first-order chi connectivity index (χ1) is 9.89. The van der Waals surface area contributed by atoms with Crippen molar-refractivity contribution in [2.24, 2.45) is 17.8 Å². The normalized spacial score (nSPS) is 27.9. The summed E-state index contributed by atoms with van der Waals surface area (Å²) in [5.74, 6) is 0.678. The topological polar surface area (TPSA) is 72.8 Å². The average molecular weight is 359 g/mol. The molecule has 0 bridgehead atoms. The molecule has 0 spiro atoms. The molecule has 5 nitrogen and oxygen atoms in total. The van der Waals surface area contributed by atoms with E-state index < -0.39 is 0 Å². The lowest BCUT2D eigenvalue weighted by Crippen LogP contribution is -2.34. The van der Waals surface area contributed by atoms with Crippen LogP contribution in [0.5, 0.6) is 0 Å². The van der Waals surface area contributed by atoms with Crippen LogP contribution in [0.3, 0.4) is 0 Å². The highest BCUT2D eigenvalue weighted by molar-refractivity contribution is 6.40. The monoisotopic (exact) mass is 358 g/mol. The number of methoxy groups -OCH3 is 2. The standard InChI is InChI=1S/C7H12O2.C6H10O3.CH2Cl2.CH4/c1-5-3-6(4-5)7(8)9-2;1-9-6(8)4-2-5(7)3-4;2-1-3;/h5-6H,3-4H2,1-2H3;4-5,7H,2-3H2,1H3;1H2;1H4. The number of rotatable bonds is 2. The number of hydrogen-bond acceptors (Lipinski definition) is 5. The van der Waals surface area contributed by atoms with Crippen molar-refractivity contribution in [2.45, 2.75) is 46.1 Å². The van der Waals surface area contributed by atoms with E-state index in [0.29, 0.717) is 12.8 Å². The van der Waals surface area contributed by atoms with E-state index in [1.807, 2.05) is 0 Å². The van der Waals surface area contributed by atoms with Gasteiger partial charge in [-0.05, 0) is 31.6 Å². The first-order valence-electron chi connectivity index (χ1n) is 6.85. The molecule has 1 N–H and O–H groups in total. The molecule has 2 aliphatic rings. The molecule has 2 rings (SSSR count). The lowest BCUT2D eigenvalue weighted by molar-refractivity contribution is -0.152. The number of esters is 2. The van der Waals surface area contributed by atoms with E-state index in [1.165, 1.54) is 14.2 Å². The fourth-order valence-electron chi connectivity index (χ4n) is 2.21. The largest absolute Gasteiger partial charge is 0.469 e. The first kappa shape index (κ1) is 23.7. The second kappa shape index (κ2) is 13.0. The van der Waals surface area contributed by atoms with Crippen LogP contribution in [0.15, 0.2) is 0 Å². The Bertz CT molecular complexity index is 283. The van der Waals surface area contributed by atoms with Crippen LogP contribution in [-0.4, -0.2) is 42.7 Å². The van der Waals surface area contributed by atoms with E-state index in [1.54, 1.807) is 0 Å². The van der Waals surface area contributed by atoms with Crippen LogP contribution in [-0.2, 0) is 19.1 Å². The Morgan fingerprint density at radius 1 is 1.00 bits per heavy atom. The Morgan fingerprint density at radius 2 is 1.32 bits per heavy atom. The lowest BCUT2D eigenvalue weighted by atomic mass is 9.76. The van der Waals surface area contributed by atoms with Gasteiger partial charge in [0.2, 0.25) is 0 Å². The highest BCUT2D eigenvalue weighted by Crippen LogP contribution is 2.33. The molecule has 0 aromatic rings. The van der Waals surface area contributed by atoms with Gasteiger partial charge in [-0.15, -0.1) is 23.2 Å². The molecule has 0 amide bonds. The van der Waals surface area contributed by atoms with Crippen molar-refractivity contribution >= 4 is 35.1 Å². The quantitative estimate of drug-likeness (QED) is 0.606. The maximum absolute atomic E-state index is 10.7. The van der Waals surface area contributed by atoms with E-state index >= 15 is 0 Å². The minimum absolute atomic E-state index is 0. The van der Waals surface area contributed by atoms with Crippen molar-refractivity contribution in [3.05, 3.63) is 0 Å². The number of carbonyl (C=O) groups is 2. The van der Waals surface area contributed by atoms with Gasteiger partial charge in [-0.25, -0.2) is 0 Å². The third-order valence-corrected chi connectivity index (χ3v) is 3.56. The molecule has 0 aliphatic heterocycles. The molecular weight excluding hydrogens is 331 g/mol. The molecule has 132 valence electrons. The van der Waals surface area contributed by atoms with Crippen molar-refractivity contribution < 1.29 is 24.2 Å². The summed E-state index contributed by atoms with van der Waals surface area (Å²) in [5.41, 5.74) is 0. The molecule has 0 aromatic heterocycles. The summed E-state index contributed by atoms with van der Waals surface area (Å²) in [6.45, 7) is 2.15. The maximum atomic E-state index is 10.7.